The third kappa shape index (κ3) is 5.14. The molecule has 2 aromatic carbocycles. The maximum atomic E-state index is 12.2. The zero-order valence-corrected chi connectivity index (χ0v) is 16.4. The molecule has 0 aliphatic heterocycles. The number of para-hydroxylation sites is 1. The summed E-state index contributed by atoms with van der Waals surface area (Å²) in [5.41, 5.74) is 2.05. The number of carbonyl (C=O) groups excluding carboxylic acids is 3. The van der Waals surface area contributed by atoms with Gasteiger partial charge >= 0.3 is 11.9 Å². The van der Waals surface area contributed by atoms with E-state index in [1.54, 1.807) is 18.3 Å². The molecule has 1 heterocycles. The van der Waals surface area contributed by atoms with Crippen molar-refractivity contribution in [1.29, 1.82) is 0 Å². The molecule has 1 aromatic heterocycles. The smallest absolute Gasteiger partial charge is 0.338 e. The standard InChI is InChI=1S/C21H19ClN2O5/c1-28-21(27)18(10-14-11-23-17-5-3-2-4-16(14)17)24-19(25)12-29-20(26)13-6-8-15(22)9-7-13/h2-9,11,18,23H,10,12H2,1H3,(H,24,25)/t18-/m1/s1. The van der Waals surface area contributed by atoms with Crippen molar-refractivity contribution in [3.8, 4) is 0 Å². The number of methoxy groups -OCH3 is 1. The Morgan fingerprint density at radius 1 is 1.10 bits per heavy atom. The van der Waals surface area contributed by atoms with Gasteiger partial charge in [0.1, 0.15) is 6.04 Å². The van der Waals surface area contributed by atoms with Gasteiger partial charge in [0.2, 0.25) is 0 Å². The van der Waals surface area contributed by atoms with Gasteiger partial charge in [0.05, 0.1) is 12.7 Å². The predicted octanol–water partition coefficient (Wildman–Crippen LogP) is 2.88. The molecule has 0 aliphatic rings. The summed E-state index contributed by atoms with van der Waals surface area (Å²) in [7, 11) is 1.25. The number of halogens is 1. The minimum absolute atomic E-state index is 0.230. The topological polar surface area (TPSA) is 97.5 Å². The van der Waals surface area contributed by atoms with Crippen LogP contribution in [0.3, 0.4) is 0 Å². The lowest BCUT2D eigenvalue weighted by atomic mass is 10.0. The number of esters is 2. The van der Waals surface area contributed by atoms with Gasteiger partial charge in [-0.1, -0.05) is 29.8 Å². The number of ether oxygens (including phenoxy) is 2. The fourth-order valence-corrected chi connectivity index (χ4v) is 3.02. The lowest BCUT2D eigenvalue weighted by molar-refractivity contribution is -0.145. The first-order valence-corrected chi connectivity index (χ1v) is 9.20. The number of rotatable bonds is 7. The van der Waals surface area contributed by atoms with E-state index in [1.165, 1.54) is 19.2 Å². The quantitative estimate of drug-likeness (QED) is 0.579. The van der Waals surface area contributed by atoms with Gasteiger partial charge in [-0.15, -0.1) is 0 Å². The zero-order valence-electron chi connectivity index (χ0n) is 15.6. The fourth-order valence-electron chi connectivity index (χ4n) is 2.89. The molecule has 1 atom stereocenters. The molecule has 3 rings (SSSR count). The SMILES string of the molecule is COC(=O)[C@@H](Cc1c[nH]c2ccccc12)NC(=O)COC(=O)c1ccc(Cl)cc1. The molecule has 0 aliphatic carbocycles. The molecule has 0 saturated carbocycles. The second kappa shape index (κ2) is 9.25. The molecule has 150 valence electrons. The number of benzene rings is 2. The predicted molar refractivity (Wildman–Crippen MR) is 108 cm³/mol. The van der Waals surface area contributed by atoms with Crippen molar-refractivity contribution in [3.63, 3.8) is 0 Å². The Labute approximate surface area is 171 Å². The van der Waals surface area contributed by atoms with Gasteiger partial charge in [-0.3, -0.25) is 4.79 Å². The second-order valence-electron chi connectivity index (χ2n) is 6.29. The van der Waals surface area contributed by atoms with Crippen LogP contribution in [0.2, 0.25) is 5.02 Å². The number of nitrogens with one attached hydrogen (secondary N) is 2. The summed E-state index contributed by atoms with van der Waals surface area (Å²) in [6, 6.07) is 12.8. The van der Waals surface area contributed by atoms with Gasteiger partial charge in [-0.2, -0.15) is 0 Å². The van der Waals surface area contributed by atoms with Gasteiger partial charge in [0, 0.05) is 28.5 Å². The van der Waals surface area contributed by atoms with E-state index in [1.807, 2.05) is 24.3 Å². The molecule has 7 nitrogen and oxygen atoms in total. The molecule has 0 bridgehead atoms. The summed E-state index contributed by atoms with van der Waals surface area (Å²) < 4.78 is 9.79. The highest BCUT2D eigenvalue weighted by Gasteiger charge is 2.24. The van der Waals surface area contributed by atoms with Crippen LogP contribution < -0.4 is 5.32 Å². The van der Waals surface area contributed by atoms with Gasteiger partial charge in [0.25, 0.3) is 5.91 Å². The fraction of sp³-hybridized carbons (Fsp3) is 0.190. The van der Waals surface area contributed by atoms with Crippen molar-refractivity contribution < 1.29 is 23.9 Å². The molecule has 0 fully saturated rings. The van der Waals surface area contributed by atoms with Gasteiger partial charge in [-0.25, -0.2) is 9.59 Å². The second-order valence-corrected chi connectivity index (χ2v) is 6.73. The summed E-state index contributed by atoms with van der Waals surface area (Å²) in [6.07, 6.45) is 2.01. The number of hydrogen-bond donors (Lipinski definition) is 2. The molecule has 0 radical (unpaired) electrons. The third-order valence-corrected chi connectivity index (χ3v) is 4.59. The first-order valence-electron chi connectivity index (χ1n) is 8.83. The molecule has 8 heteroatoms. The van der Waals surface area contributed by atoms with Gasteiger partial charge < -0.3 is 19.8 Å². The lowest BCUT2D eigenvalue weighted by Gasteiger charge is -2.16. The monoisotopic (exact) mass is 414 g/mol. The van der Waals surface area contributed by atoms with Crippen LogP contribution in [0.1, 0.15) is 15.9 Å². The van der Waals surface area contributed by atoms with E-state index in [2.05, 4.69) is 10.3 Å². The summed E-state index contributed by atoms with van der Waals surface area (Å²) in [6.45, 7) is -0.525. The molecule has 3 aromatic rings. The molecule has 2 N–H and O–H groups in total. The van der Waals surface area contributed by atoms with E-state index in [0.29, 0.717) is 5.02 Å². The highest BCUT2D eigenvalue weighted by atomic mass is 35.5. The van der Waals surface area contributed by atoms with Crippen molar-refractivity contribution in [2.24, 2.45) is 0 Å². The van der Waals surface area contributed by atoms with Crippen molar-refractivity contribution in [2.45, 2.75) is 12.5 Å². The number of hydrogen-bond acceptors (Lipinski definition) is 5. The molecular weight excluding hydrogens is 396 g/mol. The number of amides is 1. The van der Waals surface area contributed by atoms with Crippen molar-refractivity contribution >= 4 is 40.3 Å². The van der Waals surface area contributed by atoms with Crippen LogP contribution in [0.15, 0.2) is 54.7 Å². The van der Waals surface area contributed by atoms with Crippen molar-refractivity contribution in [3.05, 3.63) is 70.9 Å². The Kier molecular flexibility index (Phi) is 6.51. The Balaban J connectivity index is 1.62. The lowest BCUT2D eigenvalue weighted by Crippen LogP contribution is -2.44. The number of carbonyl (C=O) groups is 3. The van der Waals surface area contributed by atoms with E-state index in [0.717, 1.165) is 16.5 Å². The number of fused-ring (bicyclic) bond motifs is 1. The Morgan fingerprint density at radius 2 is 1.83 bits per heavy atom. The normalized spacial score (nSPS) is 11.7. The molecule has 0 spiro atoms. The van der Waals surface area contributed by atoms with E-state index < -0.39 is 30.5 Å². The summed E-state index contributed by atoms with van der Waals surface area (Å²) in [5, 5.41) is 3.99. The molecule has 29 heavy (non-hydrogen) atoms. The molecule has 1 amide bonds. The first-order chi connectivity index (χ1) is 14.0. The number of aromatic amines is 1. The summed E-state index contributed by atoms with van der Waals surface area (Å²) in [5.74, 6) is -1.86. The van der Waals surface area contributed by atoms with Crippen LogP contribution in [0.25, 0.3) is 10.9 Å². The van der Waals surface area contributed by atoms with Crippen LogP contribution in [0.4, 0.5) is 0 Å². The van der Waals surface area contributed by atoms with Crippen LogP contribution in [0, 0.1) is 0 Å². The van der Waals surface area contributed by atoms with E-state index >= 15 is 0 Å². The third-order valence-electron chi connectivity index (χ3n) is 4.33. The van der Waals surface area contributed by atoms with Crippen LogP contribution in [-0.4, -0.2) is 42.6 Å². The number of H-pyrrole nitrogens is 1. The maximum Gasteiger partial charge on any atom is 0.338 e. The Morgan fingerprint density at radius 3 is 2.55 bits per heavy atom. The van der Waals surface area contributed by atoms with E-state index in [4.69, 9.17) is 21.1 Å². The first kappa shape index (κ1) is 20.4. The van der Waals surface area contributed by atoms with Gasteiger partial charge in [0.15, 0.2) is 6.61 Å². The van der Waals surface area contributed by atoms with Crippen LogP contribution in [-0.2, 0) is 25.5 Å². The molecule has 0 unspecified atom stereocenters. The van der Waals surface area contributed by atoms with Crippen LogP contribution >= 0.6 is 11.6 Å². The van der Waals surface area contributed by atoms with E-state index in [9.17, 15) is 14.4 Å². The average molecular weight is 415 g/mol. The summed E-state index contributed by atoms with van der Waals surface area (Å²) >= 11 is 5.78. The van der Waals surface area contributed by atoms with Gasteiger partial charge in [-0.05, 0) is 35.9 Å². The minimum atomic E-state index is -0.916. The van der Waals surface area contributed by atoms with Crippen molar-refractivity contribution in [2.75, 3.05) is 13.7 Å². The molecule has 0 saturated heterocycles. The van der Waals surface area contributed by atoms with E-state index in [-0.39, 0.29) is 12.0 Å². The summed E-state index contributed by atoms with van der Waals surface area (Å²) in [4.78, 5) is 39.5. The van der Waals surface area contributed by atoms with Crippen molar-refractivity contribution in [1.82, 2.24) is 10.3 Å². The minimum Gasteiger partial charge on any atom is -0.467 e. The highest BCUT2D eigenvalue weighted by molar-refractivity contribution is 6.30. The highest BCUT2D eigenvalue weighted by Crippen LogP contribution is 2.19. The zero-order chi connectivity index (χ0) is 20.8. The Bertz CT molecular complexity index is 1030. The largest absolute Gasteiger partial charge is 0.467 e. The molecular formula is C21H19ClN2O5. The van der Waals surface area contributed by atoms with Crippen LogP contribution in [0.5, 0.6) is 0 Å². The number of aromatic nitrogens is 1. The average Bonchev–Trinajstić information content (AvgIpc) is 3.14. The maximum absolute atomic E-state index is 12.2. The Hall–Kier alpha value is -3.32.